The van der Waals surface area contributed by atoms with Gasteiger partial charge in [0.25, 0.3) is 0 Å². The van der Waals surface area contributed by atoms with Crippen LogP contribution in [-0.2, 0) is 11.3 Å². The fourth-order valence-corrected chi connectivity index (χ4v) is 2.10. The van der Waals surface area contributed by atoms with Crippen LogP contribution < -0.4 is 0 Å². The van der Waals surface area contributed by atoms with Crippen LogP contribution in [0.4, 0.5) is 0 Å². The molecule has 0 atom stereocenters. The van der Waals surface area contributed by atoms with Crippen molar-refractivity contribution in [2.75, 3.05) is 0 Å². The highest BCUT2D eigenvalue weighted by atomic mass is 16.5. The Morgan fingerprint density at radius 2 is 1.95 bits per heavy atom. The van der Waals surface area contributed by atoms with Crippen molar-refractivity contribution in [1.82, 2.24) is 10.1 Å². The predicted octanol–water partition coefficient (Wildman–Crippen LogP) is 3.49. The topological polar surface area (TPSA) is 46.3 Å². The molecule has 1 heterocycles. The molecule has 4 heteroatoms. The molecular formula is C16H20N2O2. The molecule has 20 heavy (non-hydrogen) atoms. The highest BCUT2D eigenvalue weighted by molar-refractivity contribution is 5.76. The molecule has 2 aromatic rings. The molecule has 1 aromatic carbocycles. The summed E-state index contributed by atoms with van der Waals surface area (Å²) in [6.07, 6.45) is 2.16. The van der Waals surface area contributed by atoms with E-state index in [0.717, 1.165) is 16.9 Å². The minimum absolute atomic E-state index is 0.180. The van der Waals surface area contributed by atoms with Gasteiger partial charge in [-0.3, -0.25) is 4.79 Å². The van der Waals surface area contributed by atoms with Gasteiger partial charge in [0, 0.05) is 30.6 Å². The largest absolute Gasteiger partial charge is 0.356 e. The van der Waals surface area contributed by atoms with Crippen molar-refractivity contribution in [2.24, 2.45) is 0 Å². The maximum atomic E-state index is 11.9. The molecule has 2 rings (SSSR count). The lowest BCUT2D eigenvalue weighted by Crippen LogP contribution is -2.35. The maximum absolute atomic E-state index is 11.9. The Bertz CT molecular complexity index is 544. The van der Waals surface area contributed by atoms with Crippen LogP contribution in [0.15, 0.2) is 41.1 Å². The van der Waals surface area contributed by atoms with Crippen LogP contribution in [0.25, 0.3) is 11.3 Å². The summed E-state index contributed by atoms with van der Waals surface area (Å²) in [5.74, 6) is 0.932. The standard InChI is InChI=1S/C16H20N2O2/c1-4-16(19)18(12(2)3)11-13-5-7-14(8-6-13)15-9-10-17-20-15/h5-10,12H,4,11H2,1-3H3. The highest BCUT2D eigenvalue weighted by Gasteiger charge is 2.15. The van der Waals surface area contributed by atoms with Gasteiger partial charge in [0.1, 0.15) is 0 Å². The van der Waals surface area contributed by atoms with Gasteiger partial charge in [0.2, 0.25) is 5.91 Å². The van der Waals surface area contributed by atoms with E-state index in [4.69, 9.17) is 4.52 Å². The van der Waals surface area contributed by atoms with Gasteiger partial charge in [-0.2, -0.15) is 0 Å². The minimum atomic E-state index is 0.180. The van der Waals surface area contributed by atoms with E-state index in [2.05, 4.69) is 5.16 Å². The monoisotopic (exact) mass is 272 g/mol. The third kappa shape index (κ3) is 3.26. The molecule has 0 aliphatic carbocycles. The number of hydrogen-bond acceptors (Lipinski definition) is 3. The minimum Gasteiger partial charge on any atom is -0.356 e. The van der Waals surface area contributed by atoms with Crippen LogP contribution in [0, 0.1) is 0 Å². The number of carbonyl (C=O) groups excluding carboxylic acids is 1. The van der Waals surface area contributed by atoms with E-state index >= 15 is 0 Å². The number of nitrogens with zero attached hydrogens (tertiary/aromatic N) is 2. The van der Waals surface area contributed by atoms with Gasteiger partial charge in [-0.1, -0.05) is 36.3 Å². The van der Waals surface area contributed by atoms with Crippen molar-refractivity contribution >= 4 is 5.91 Å². The smallest absolute Gasteiger partial charge is 0.222 e. The van der Waals surface area contributed by atoms with Crippen LogP contribution >= 0.6 is 0 Å². The maximum Gasteiger partial charge on any atom is 0.222 e. The summed E-state index contributed by atoms with van der Waals surface area (Å²) in [4.78, 5) is 13.8. The molecule has 1 amide bonds. The summed E-state index contributed by atoms with van der Waals surface area (Å²) in [6, 6.07) is 10.1. The molecule has 106 valence electrons. The molecule has 1 aromatic heterocycles. The third-order valence-corrected chi connectivity index (χ3v) is 3.28. The van der Waals surface area contributed by atoms with Crippen LogP contribution in [0.3, 0.4) is 0 Å². The Labute approximate surface area is 119 Å². The molecule has 0 spiro atoms. The summed E-state index contributed by atoms with van der Waals surface area (Å²) in [7, 11) is 0. The number of carbonyl (C=O) groups is 1. The first-order chi connectivity index (χ1) is 9.61. The van der Waals surface area contributed by atoms with E-state index < -0.39 is 0 Å². The Morgan fingerprint density at radius 1 is 1.25 bits per heavy atom. The van der Waals surface area contributed by atoms with E-state index in [1.807, 2.05) is 56.0 Å². The fraction of sp³-hybridized carbons (Fsp3) is 0.375. The number of rotatable bonds is 5. The quantitative estimate of drug-likeness (QED) is 0.837. The number of benzene rings is 1. The number of hydrogen-bond donors (Lipinski definition) is 0. The van der Waals surface area contributed by atoms with Crippen molar-refractivity contribution in [2.45, 2.75) is 39.8 Å². The lowest BCUT2D eigenvalue weighted by Gasteiger charge is -2.26. The van der Waals surface area contributed by atoms with Gasteiger partial charge in [0.05, 0.1) is 6.20 Å². The lowest BCUT2D eigenvalue weighted by molar-refractivity contribution is -0.133. The van der Waals surface area contributed by atoms with Gasteiger partial charge < -0.3 is 9.42 Å². The van der Waals surface area contributed by atoms with E-state index in [9.17, 15) is 4.79 Å². The molecule has 0 saturated carbocycles. The summed E-state index contributed by atoms with van der Waals surface area (Å²) < 4.78 is 5.12. The molecule has 0 N–H and O–H groups in total. The molecule has 0 saturated heterocycles. The van der Waals surface area contributed by atoms with Crippen LogP contribution in [0.5, 0.6) is 0 Å². The Morgan fingerprint density at radius 3 is 2.45 bits per heavy atom. The first-order valence-corrected chi connectivity index (χ1v) is 6.91. The zero-order valence-electron chi connectivity index (χ0n) is 12.2. The molecule has 0 radical (unpaired) electrons. The van der Waals surface area contributed by atoms with E-state index in [-0.39, 0.29) is 11.9 Å². The van der Waals surface area contributed by atoms with Gasteiger partial charge in [-0.15, -0.1) is 0 Å². The van der Waals surface area contributed by atoms with Crippen LogP contribution in [0.1, 0.15) is 32.8 Å². The average Bonchev–Trinajstić information content (AvgIpc) is 2.98. The zero-order chi connectivity index (χ0) is 14.5. The molecule has 0 bridgehead atoms. The molecule has 4 nitrogen and oxygen atoms in total. The van der Waals surface area contributed by atoms with Gasteiger partial charge >= 0.3 is 0 Å². The average molecular weight is 272 g/mol. The first kappa shape index (κ1) is 14.3. The summed E-state index contributed by atoms with van der Waals surface area (Å²) in [5, 5.41) is 3.70. The van der Waals surface area contributed by atoms with Crippen LogP contribution in [-0.4, -0.2) is 22.0 Å². The van der Waals surface area contributed by atoms with Crippen molar-refractivity contribution in [3.63, 3.8) is 0 Å². The van der Waals surface area contributed by atoms with Crippen LogP contribution in [0.2, 0.25) is 0 Å². The Hall–Kier alpha value is -2.10. The second-order valence-electron chi connectivity index (χ2n) is 5.04. The summed E-state index contributed by atoms with van der Waals surface area (Å²) in [6.45, 7) is 6.61. The molecule has 0 aliphatic heterocycles. The van der Waals surface area contributed by atoms with E-state index in [1.165, 1.54) is 0 Å². The van der Waals surface area contributed by atoms with E-state index in [1.54, 1.807) is 6.20 Å². The van der Waals surface area contributed by atoms with Crippen molar-refractivity contribution in [1.29, 1.82) is 0 Å². The molecule has 0 fully saturated rings. The van der Waals surface area contributed by atoms with Gasteiger partial charge in [-0.25, -0.2) is 0 Å². The van der Waals surface area contributed by atoms with Crippen molar-refractivity contribution < 1.29 is 9.32 Å². The lowest BCUT2D eigenvalue weighted by atomic mass is 10.1. The third-order valence-electron chi connectivity index (χ3n) is 3.28. The second-order valence-corrected chi connectivity index (χ2v) is 5.04. The Balaban J connectivity index is 2.12. The molecular weight excluding hydrogens is 252 g/mol. The van der Waals surface area contributed by atoms with E-state index in [0.29, 0.717) is 13.0 Å². The van der Waals surface area contributed by atoms with Gasteiger partial charge in [-0.05, 0) is 19.4 Å². The second kappa shape index (κ2) is 6.37. The fourth-order valence-electron chi connectivity index (χ4n) is 2.10. The number of aromatic nitrogens is 1. The zero-order valence-corrected chi connectivity index (χ0v) is 12.2. The molecule has 0 aliphatic rings. The van der Waals surface area contributed by atoms with Crippen molar-refractivity contribution in [3.8, 4) is 11.3 Å². The van der Waals surface area contributed by atoms with Crippen molar-refractivity contribution in [3.05, 3.63) is 42.1 Å². The summed E-state index contributed by atoms with van der Waals surface area (Å²) in [5.41, 5.74) is 2.10. The number of amides is 1. The highest BCUT2D eigenvalue weighted by Crippen LogP contribution is 2.20. The Kier molecular flexibility index (Phi) is 4.56. The first-order valence-electron chi connectivity index (χ1n) is 6.91. The predicted molar refractivity (Wildman–Crippen MR) is 77.9 cm³/mol. The van der Waals surface area contributed by atoms with Gasteiger partial charge in [0.15, 0.2) is 5.76 Å². The normalized spacial score (nSPS) is 10.8. The SMILES string of the molecule is CCC(=O)N(Cc1ccc(-c2ccno2)cc1)C(C)C. The molecule has 0 unspecified atom stereocenters. The summed E-state index contributed by atoms with van der Waals surface area (Å²) >= 11 is 0.